The smallest absolute Gasteiger partial charge is 0.256 e. The number of nitrogens with one attached hydrogen (secondary N) is 1. The van der Waals surface area contributed by atoms with Gasteiger partial charge in [0, 0.05) is 25.5 Å². The Balaban J connectivity index is 1.64. The van der Waals surface area contributed by atoms with Crippen LogP contribution < -0.4 is 5.32 Å². The van der Waals surface area contributed by atoms with Crippen LogP contribution in [0.1, 0.15) is 28.8 Å². The van der Waals surface area contributed by atoms with Crippen molar-refractivity contribution in [2.75, 3.05) is 6.54 Å². The maximum Gasteiger partial charge on any atom is 0.256 e. The summed E-state index contributed by atoms with van der Waals surface area (Å²) >= 11 is 0. The first-order valence-corrected chi connectivity index (χ1v) is 7.78. The molecule has 5 heteroatoms. The van der Waals surface area contributed by atoms with Crippen molar-refractivity contribution in [1.82, 2.24) is 15.2 Å². The van der Waals surface area contributed by atoms with Gasteiger partial charge in [-0.15, -0.1) is 0 Å². The van der Waals surface area contributed by atoms with Crippen molar-refractivity contribution in [1.29, 1.82) is 0 Å². The van der Waals surface area contributed by atoms with Gasteiger partial charge in [0.1, 0.15) is 6.04 Å². The lowest BCUT2D eigenvalue weighted by atomic mass is 10.1. The molecule has 1 N–H and O–H groups in total. The summed E-state index contributed by atoms with van der Waals surface area (Å²) in [4.78, 5) is 30.6. The molecule has 1 saturated heterocycles. The van der Waals surface area contributed by atoms with E-state index in [0.717, 1.165) is 12.0 Å². The average Bonchev–Trinajstić information content (AvgIpc) is 3.10. The summed E-state index contributed by atoms with van der Waals surface area (Å²) < 4.78 is 0. The first kappa shape index (κ1) is 15.2. The lowest BCUT2D eigenvalue weighted by Crippen LogP contribution is -2.45. The van der Waals surface area contributed by atoms with Gasteiger partial charge in [-0.3, -0.25) is 14.6 Å². The molecule has 1 atom stereocenters. The van der Waals surface area contributed by atoms with Crippen LogP contribution in [0.3, 0.4) is 0 Å². The van der Waals surface area contributed by atoms with Crippen molar-refractivity contribution in [2.45, 2.75) is 25.4 Å². The molecule has 0 radical (unpaired) electrons. The molecule has 1 aromatic carbocycles. The van der Waals surface area contributed by atoms with E-state index in [1.54, 1.807) is 29.4 Å². The fraction of sp³-hybridized carbons (Fsp3) is 0.278. The van der Waals surface area contributed by atoms with Crippen molar-refractivity contribution in [3.8, 4) is 0 Å². The van der Waals surface area contributed by atoms with E-state index in [1.807, 2.05) is 30.3 Å². The van der Waals surface area contributed by atoms with Gasteiger partial charge in [-0.25, -0.2) is 0 Å². The number of carbonyl (C=O) groups is 2. The Hall–Kier alpha value is -2.69. The predicted molar refractivity (Wildman–Crippen MR) is 86.6 cm³/mol. The second kappa shape index (κ2) is 7.05. The molecule has 0 saturated carbocycles. The van der Waals surface area contributed by atoms with E-state index in [9.17, 15) is 9.59 Å². The third kappa shape index (κ3) is 3.56. The number of hydrogen-bond donors (Lipinski definition) is 1. The van der Waals surface area contributed by atoms with Gasteiger partial charge < -0.3 is 10.2 Å². The van der Waals surface area contributed by atoms with Crippen LogP contribution in [-0.4, -0.2) is 34.3 Å². The molecular formula is C18H19N3O2. The number of pyridine rings is 1. The van der Waals surface area contributed by atoms with E-state index < -0.39 is 6.04 Å². The zero-order valence-corrected chi connectivity index (χ0v) is 12.8. The van der Waals surface area contributed by atoms with Gasteiger partial charge in [0.15, 0.2) is 0 Å². The minimum absolute atomic E-state index is 0.0939. The molecule has 2 aromatic rings. The van der Waals surface area contributed by atoms with Gasteiger partial charge in [0.2, 0.25) is 5.91 Å². The molecule has 3 rings (SSSR count). The van der Waals surface area contributed by atoms with Crippen LogP contribution in [0.4, 0.5) is 0 Å². The van der Waals surface area contributed by atoms with Gasteiger partial charge in [-0.1, -0.05) is 30.3 Å². The van der Waals surface area contributed by atoms with E-state index in [1.165, 1.54) is 0 Å². The highest BCUT2D eigenvalue weighted by atomic mass is 16.2. The molecular weight excluding hydrogens is 290 g/mol. The second-order valence-corrected chi connectivity index (χ2v) is 5.60. The molecule has 1 fully saturated rings. The zero-order valence-electron chi connectivity index (χ0n) is 12.8. The maximum absolute atomic E-state index is 12.5. The largest absolute Gasteiger partial charge is 0.350 e. The third-order valence-corrected chi connectivity index (χ3v) is 4.03. The first-order chi connectivity index (χ1) is 11.3. The molecule has 1 aliphatic heterocycles. The van der Waals surface area contributed by atoms with Crippen molar-refractivity contribution in [2.24, 2.45) is 0 Å². The summed E-state index contributed by atoms with van der Waals surface area (Å²) in [6.07, 6.45) is 4.71. The fourth-order valence-corrected chi connectivity index (χ4v) is 2.84. The standard InChI is InChI=1S/C18H19N3O2/c22-17(20-12-14-6-2-1-3-7-14)16-9-5-11-21(16)18(23)15-8-4-10-19-13-15/h1-4,6-8,10,13,16H,5,9,11-12H2,(H,20,22)/t16-/m0/s1. The summed E-state index contributed by atoms with van der Waals surface area (Å²) in [7, 11) is 0. The quantitative estimate of drug-likeness (QED) is 0.939. The van der Waals surface area contributed by atoms with E-state index in [-0.39, 0.29) is 11.8 Å². The molecule has 2 heterocycles. The van der Waals surface area contributed by atoms with E-state index in [2.05, 4.69) is 10.3 Å². The Morgan fingerprint density at radius 1 is 1.17 bits per heavy atom. The number of nitrogens with zero attached hydrogens (tertiary/aromatic N) is 2. The summed E-state index contributed by atoms with van der Waals surface area (Å²) in [5.41, 5.74) is 1.57. The maximum atomic E-state index is 12.5. The third-order valence-electron chi connectivity index (χ3n) is 4.03. The molecule has 0 aliphatic carbocycles. The van der Waals surface area contributed by atoms with Crippen LogP contribution >= 0.6 is 0 Å². The van der Waals surface area contributed by atoms with Gasteiger partial charge in [-0.05, 0) is 30.5 Å². The predicted octanol–water partition coefficient (Wildman–Crippen LogP) is 2.00. The normalized spacial score (nSPS) is 17.0. The lowest BCUT2D eigenvalue weighted by molar-refractivity contribution is -0.125. The highest BCUT2D eigenvalue weighted by Crippen LogP contribution is 2.20. The van der Waals surface area contributed by atoms with Crippen molar-refractivity contribution >= 4 is 11.8 Å². The van der Waals surface area contributed by atoms with Crippen LogP contribution in [0.5, 0.6) is 0 Å². The van der Waals surface area contributed by atoms with Gasteiger partial charge in [0.05, 0.1) is 5.56 Å². The molecule has 5 nitrogen and oxygen atoms in total. The van der Waals surface area contributed by atoms with E-state index >= 15 is 0 Å². The number of amides is 2. The molecule has 0 bridgehead atoms. The van der Waals surface area contributed by atoms with E-state index in [4.69, 9.17) is 0 Å². The fourth-order valence-electron chi connectivity index (χ4n) is 2.84. The Kier molecular flexibility index (Phi) is 4.66. The summed E-state index contributed by atoms with van der Waals surface area (Å²) in [5.74, 6) is -0.223. The van der Waals surface area contributed by atoms with Crippen LogP contribution in [0.2, 0.25) is 0 Å². The summed E-state index contributed by atoms with van der Waals surface area (Å²) in [5, 5.41) is 2.93. The summed E-state index contributed by atoms with van der Waals surface area (Å²) in [6.45, 7) is 1.09. The van der Waals surface area contributed by atoms with Gasteiger partial charge in [0.25, 0.3) is 5.91 Å². The molecule has 0 spiro atoms. The van der Waals surface area contributed by atoms with E-state index in [0.29, 0.717) is 25.1 Å². The second-order valence-electron chi connectivity index (χ2n) is 5.60. The molecule has 0 unspecified atom stereocenters. The van der Waals surface area contributed by atoms with Crippen LogP contribution in [-0.2, 0) is 11.3 Å². The Morgan fingerprint density at radius 3 is 2.74 bits per heavy atom. The number of aromatic nitrogens is 1. The SMILES string of the molecule is O=C(NCc1ccccc1)[C@@H]1CCCN1C(=O)c1cccnc1. The van der Waals surface area contributed by atoms with Crippen molar-refractivity contribution < 1.29 is 9.59 Å². The Bertz CT molecular complexity index is 673. The average molecular weight is 309 g/mol. The van der Waals surface area contributed by atoms with Crippen LogP contribution in [0, 0.1) is 0 Å². The highest BCUT2D eigenvalue weighted by Gasteiger charge is 2.34. The molecule has 23 heavy (non-hydrogen) atoms. The first-order valence-electron chi connectivity index (χ1n) is 7.78. The lowest BCUT2D eigenvalue weighted by Gasteiger charge is -2.24. The Morgan fingerprint density at radius 2 is 2.00 bits per heavy atom. The van der Waals surface area contributed by atoms with Gasteiger partial charge >= 0.3 is 0 Å². The van der Waals surface area contributed by atoms with Crippen molar-refractivity contribution in [3.63, 3.8) is 0 Å². The van der Waals surface area contributed by atoms with Gasteiger partial charge in [-0.2, -0.15) is 0 Å². The number of carbonyl (C=O) groups excluding carboxylic acids is 2. The minimum atomic E-state index is -0.397. The minimum Gasteiger partial charge on any atom is -0.350 e. The van der Waals surface area contributed by atoms with Crippen LogP contribution in [0.15, 0.2) is 54.9 Å². The number of hydrogen-bond acceptors (Lipinski definition) is 3. The van der Waals surface area contributed by atoms with Crippen LogP contribution in [0.25, 0.3) is 0 Å². The number of likely N-dealkylation sites (tertiary alicyclic amines) is 1. The summed E-state index contributed by atoms with van der Waals surface area (Å²) in [6, 6.07) is 12.8. The number of rotatable bonds is 4. The monoisotopic (exact) mass is 309 g/mol. The Labute approximate surface area is 135 Å². The molecule has 1 aromatic heterocycles. The zero-order chi connectivity index (χ0) is 16.1. The topological polar surface area (TPSA) is 62.3 Å². The molecule has 2 amide bonds. The molecule has 1 aliphatic rings. The van der Waals surface area contributed by atoms with Crippen molar-refractivity contribution in [3.05, 3.63) is 66.0 Å². The molecule has 118 valence electrons. The highest BCUT2D eigenvalue weighted by molar-refractivity contribution is 5.97. The number of benzene rings is 1.